The maximum atomic E-state index is 13.0. The molecule has 2 aromatic rings. The normalized spacial score (nSPS) is 11.3. The van der Waals surface area contributed by atoms with Gasteiger partial charge in [0, 0.05) is 17.8 Å². The van der Waals surface area contributed by atoms with Gasteiger partial charge in [-0.2, -0.15) is 4.31 Å². The number of benzene rings is 2. The number of amides is 2. The molecule has 0 heterocycles. The maximum Gasteiger partial charge on any atom is 0.248 e. The second kappa shape index (κ2) is 8.85. The Morgan fingerprint density at radius 1 is 1.14 bits per heavy atom. The van der Waals surface area contributed by atoms with Gasteiger partial charge in [0.25, 0.3) is 0 Å². The molecule has 8 nitrogen and oxygen atoms in total. The van der Waals surface area contributed by atoms with Crippen molar-refractivity contribution in [3.8, 4) is 5.75 Å². The first-order valence-corrected chi connectivity index (χ1v) is 9.97. The summed E-state index contributed by atoms with van der Waals surface area (Å²) in [5.41, 5.74) is 6.67. The molecule has 9 heteroatoms. The van der Waals surface area contributed by atoms with Crippen LogP contribution in [0.25, 0.3) is 0 Å². The van der Waals surface area contributed by atoms with Crippen LogP contribution >= 0.6 is 0 Å². The number of hydrogen-bond donors (Lipinski definition) is 2. The summed E-state index contributed by atoms with van der Waals surface area (Å²) in [5, 5.41) is 2.61. The van der Waals surface area contributed by atoms with Crippen LogP contribution in [0.5, 0.6) is 5.75 Å². The van der Waals surface area contributed by atoms with Gasteiger partial charge < -0.3 is 15.8 Å². The second-order valence-electron chi connectivity index (χ2n) is 6.08. The van der Waals surface area contributed by atoms with Gasteiger partial charge >= 0.3 is 0 Å². The van der Waals surface area contributed by atoms with Crippen molar-refractivity contribution < 1.29 is 22.7 Å². The molecule has 0 fully saturated rings. The highest BCUT2D eigenvalue weighted by atomic mass is 32.2. The molecule has 0 aliphatic heterocycles. The summed E-state index contributed by atoms with van der Waals surface area (Å²) in [6.45, 7) is 3.16. The number of sulfonamides is 1. The van der Waals surface area contributed by atoms with Crippen LogP contribution in [0.3, 0.4) is 0 Å². The van der Waals surface area contributed by atoms with Crippen LogP contribution in [0.15, 0.2) is 47.4 Å². The summed E-state index contributed by atoms with van der Waals surface area (Å²) in [4.78, 5) is 23.5. The highest BCUT2D eigenvalue weighted by molar-refractivity contribution is 7.89. The van der Waals surface area contributed by atoms with Crippen molar-refractivity contribution >= 4 is 27.5 Å². The summed E-state index contributed by atoms with van der Waals surface area (Å²) in [5.74, 6) is -0.872. The minimum atomic E-state index is -3.94. The molecule has 0 atom stereocenters. The molecule has 3 N–H and O–H groups in total. The van der Waals surface area contributed by atoms with Crippen LogP contribution in [0.1, 0.15) is 22.8 Å². The van der Waals surface area contributed by atoms with E-state index in [-0.39, 0.29) is 23.7 Å². The van der Waals surface area contributed by atoms with Crippen molar-refractivity contribution in [1.29, 1.82) is 0 Å². The lowest BCUT2D eigenvalue weighted by atomic mass is 10.2. The van der Waals surface area contributed by atoms with Crippen molar-refractivity contribution in [2.24, 2.45) is 5.73 Å². The predicted molar refractivity (Wildman–Crippen MR) is 106 cm³/mol. The molecule has 150 valence electrons. The van der Waals surface area contributed by atoms with Crippen molar-refractivity contribution in [2.75, 3.05) is 25.5 Å². The van der Waals surface area contributed by atoms with E-state index in [0.29, 0.717) is 11.3 Å². The van der Waals surface area contributed by atoms with Gasteiger partial charge in [-0.25, -0.2) is 8.42 Å². The smallest absolute Gasteiger partial charge is 0.248 e. The molecule has 2 aromatic carbocycles. The number of nitrogens with two attached hydrogens (primary N) is 1. The summed E-state index contributed by atoms with van der Waals surface area (Å²) >= 11 is 0. The van der Waals surface area contributed by atoms with Crippen LogP contribution in [-0.4, -0.2) is 44.7 Å². The third-order valence-corrected chi connectivity index (χ3v) is 6.00. The monoisotopic (exact) mass is 405 g/mol. The van der Waals surface area contributed by atoms with Crippen LogP contribution < -0.4 is 15.8 Å². The van der Waals surface area contributed by atoms with Crippen LogP contribution in [0.4, 0.5) is 5.69 Å². The van der Waals surface area contributed by atoms with Gasteiger partial charge in [-0.15, -0.1) is 0 Å². The van der Waals surface area contributed by atoms with E-state index >= 15 is 0 Å². The molecule has 0 aliphatic carbocycles. The molecule has 0 saturated carbocycles. The molecule has 0 radical (unpaired) electrons. The molecule has 0 unspecified atom stereocenters. The number of nitrogens with one attached hydrogen (secondary N) is 1. The molecule has 0 aliphatic rings. The predicted octanol–water partition coefficient (Wildman–Crippen LogP) is 1.75. The molecular formula is C19H23N3O5S. The van der Waals surface area contributed by atoms with E-state index in [2.05, 4.69) is 5.32 Å². The maximum absolute atomic E-state index is 13.0. The Balaban J connectivity index is 2.19. The molecule has 28 heavy (non-hydrogen) atoms. The van der Waals surface area contributed by atoms with Crippen molar-refractivity contribution in [1.82, 2.24) is 4.31 Å². The first-order chi connectivity index (χ1) is 13.2. The number of carbonyl (C=O) groups is 2. The average Bonchev–Trinajstić information content (AvgIpc) is 2.66. The lowest BCUT2D eigenvalue weighted by Gasteiger charge is -2.21. The van der Waals surface area contributed by atoms with Crippen LogP contribution in [0, 0.1) is 6.92 Å². The number of nitrogens with zero attached hydrogens (tertiary/aromatic N) is 1. The molecule has 0 spiro atoms. The zero-order valence-electron chi connectivity index (χ0n) is 15.9. The van der Waals surface area contributed by atoms with E-state index in [4.69, 9.17) is 10.5 Å². The van der Waals surface area contributed by atoms with Gasteiger partial charge in [-0.1, -0.05) is 13.0 Å². The van der Waals surface area contributed by atoms with Crippen molar-refractivity contribution in [3.63, 3.8) is 0 Å². The zero-order chi connectivity index (χ0) is 20.9. The van der Waals surface area contributed by atoms with Crippen molar-refractivity contribution in [3.05, 3.63) is 53.6 Å². The number of likely N-dealkylation sites (N-methyl/N-ethyl adjacent to an activating group) is 1. The first-order valence-electron chi connectivity index (χ1n) is 8.53. The molecule has 2 rings (SSSR count). The molecule has 0 bridgehead atoms. The molecule has 2 amide bonds. The Bertz CT molecular complexity index is 972. The number of ether oxygens (including phenoxy) is 1. The Labute approximate surface area is 164 Å². The zero-order valence-corrected chi connectivity index (χ0v) is 16.7. The van der Waals surface area contributed by atoms with E-state index in [0.717, 1.165) is 9.87 Å². The van der Waals surface area contributed by atoms with Gasteiger partial charge in [0.2, 0.25) is 21.8 Å². The molecular weight excluding hydrogens is 382 g/mol. The van der Waals surface area contributed by atoms with Crippen LogP contribution in [0.2, 0.25) is 0 Å². The lowest BCUT2D eigenvalue weighted by molar-refractivity contribution is -0.116. The number of carbonyl (C=O) groups excluding carboxylic acids is 2. The summed E-state index contributed by atoms with van der Waals surface area (Å²) in [6.07, 6.45) is 0. The van der Waals surface area contributed by atoms with E-state index in [9.17, 15) is 18.0 Å². The Morgan fingerprint density at radius 2 is 1.79 bits per heavy atom. The van der Waals surface area contributed by atoms with Crippen molar-refractivity contribution in [2.45, 2.75) is 18.7 Å². The van der Waals surface area contributed by atoms with E-state index in [1.54, 1.807) is 26.0 Å². The number of rotatable bonds is 8. The van der Waals surface area contributed by atoms with E-state index in [1.807, 2.05) is 0 Å². The number of primary amides is 1. The Hall–Kier alpha value is -2.91. The highest BCUT2D eigenvalue weighted by Gasteiger charge is 2.28. The third-order valence-electron chi connectivity index (χ3n) is 4.06. The molecule has 0 aromatic heterocycles. The minimum absolute atomic E-state index is 0.00969. The minimum Gasteiger partial charge on any atom is -0.495 e. The van der Waals surface area contributed by atoms with E-state index < -0.39 is 21.8 Å². The standard InChI is InChI=1S/C19H23N3O5S/c1-4-22(28(25,26)17-11-13(2)5-10-16(17)27-3)12-18(23)21-15-8-6-14(7-9-15)19(20)24/h5-11H,4,12H2,1-3H3,(H2,20,24)(H,21,23). The number of hydrogen-bond acceptors (Lipinski definition) is 5. The Morgan fingerprint density at radius 3 is 2.32 bits per heavy atom. The fraction of sp³-hybridized carbons (Fsp3) is 0.263. The summed E-state index contributed by atoms with van der Waals surface area (Å²) < 4.78 is 32.3. The van der Waals surface area contributed by atoms with E-state index in [1.165, 1.54) is 37.4 Å². The molecule has 0 saturated heterocycles. The fourth-order valence-corrected chi connectivity index (χ4v) is 4.22. The topological polar surface area (TPSA) is 119 Å². The number of methoxy groups -OCH3 is 1. The number of aryl methyl sites for hydroxylation is 1. The lowest BCUT2D eigenvalue weighted by Crippen LogP contribution is -2.38. The van der Waals surface area contributed by atoms with Gasteiger partial charge in [0.15, 0.2) is 0 Å². The number of anilines is 1. The summed E-state index contributed by atoms with van der Waals surface area (Å²) in [7, 11) is -2.54. The summed E-state index contributed by atoms with van der Waals surface area (Å²) in [6, 6.07) is 10.8. The third kappa shape index (κ3) is 4.87. The second-order valence-corrected chi connectivity index (χ2v) is 7.98. The fourth-order valence-electron chi connectivity index (χ4n) is 2.57. The van der Waals surface area contributed by atoms with Gasteiger partial charge in [0.05, 0.1) is 13.7 Å². The first kappa shape index (κ1) is 21.4. The SMILES string of the molecule is CCN(CC(=O)Nc1ccc(C(N)=O)cc1)S(=O)(=O)c1cc(C)ccc1OC. The van der Waals surface area contributed by atoms with Gasteiger partial charge in [0.1, 0.15) is 10.6 Å². The highest BCUT2D eigenvalue weighted by Crippen LogP contribution is 2.27. The Kier molecular flexibility index (Phi) is 6.76. The van der Waals surface area contributed by atoms with Gasteiger partial charge in [-0.3, -0.25) is 9.59 Å². The van der Waals surface area contributed by atoms with Gasteiger partial charge in [-0.05, 0) is 48.9 Å². The average molecular weight is 405 g/mol. The van der Waals surface area contributed by atoms with Crippen LogP contribution in [-0.2, 0) is 14.8 Å². The quantitative estimate of drug-likeness (QED) is 0.693. The largest absolute Gasteiger partial charge is 0.495 e.